The first-order valence-corrected chi connectivity index (χ1v) is 6.88. The molecular weight excluding hydrogens is 380 g/mol. The fourth-order valence-corrected chi connectivity index (χ4v) is 3.57. The van der Waals surface area contributed by atoms with Gasteiger partial charge in [0, 0.05) is 10.5 Å². The number of alkyl halides is 2. The average Bonchev–Trinajstić information content (AvgIpc) is 1.93. The van der Waals surface area contributed by atoms with Gasteiger partial charge >= 0.3 is 0 Å². The molecule has 2 saturated heterocycles. The first-order chi connectivity index (χ1) is 5.77. The van der Waals surface area contributed by atoms with E-state index in [9.17, 15) is 0 Å². The van der Waals surface area contributed by atoms with Gasteiger partial charge < -0.3 is 4.74 Å². The van der Waals surface area contributed by atoms with Gasteiger partial charge in [-0.1, -0.05) is 45.2 Å². The number of likely N-dealkylation sites (tertiary alicyclic amines) is 1. The summed E-state index contributed by atoms with van der Waals surface area (Å²) in [7, 11) is 0. The molecule has 0 aromatic rings. The van der Waals surface area contributed by atoms with Crippen molar-refractivity contribution in [1.29, 1.82) is 0 Å². The first kappa shape index (κ1) is 9.92. The quantitative estimate of drug-likeness (QED) is 0.384. The Labute approximate surface area is 101 Å². The second-order valence-electron chi connectivity index (χ2n) is 3.50. The van der Waals surface area contributed by atoms with Crippen molar-refractivity contribution in [2.75, 3.05) is 19.8 Å². The van der Waals surface area contributed by atoms with E-state index >= 15 is 0 Å². The maximum Gasteiger partial charge on any atom is 0.0645 e. The van der Waals surface area contributed by atoms with Crippen LogP contribution < -0.4 is 0 Å². The molecular formula is C8H13I2NO. The van der Waals surface area contributed by atoms with Gasteiger partial charge in [0.1, 0.15) is 0 Å². The number of piperidine rings is 1. The Kier molecular flexibility index (Phi) is 3.53. The highest BCUT2D eigenvalue weighted by Gasteiger charge is 2.34. The van der Waals surface area contributed by atoms with Crippen molar-refractivity contribution in [1.82, 2.24) is 4.90 Å². The van der Waals surface area contributed by atoms with Crippen molar-refractivity contribution < 1.29 is 4.74 Å². The first-order valence-electron chi connectivity index (χ1n) is 4.39. The smallest absolute Gasteiger partial charge is 0.0645 e. The summed E-state index contributed by atoms with van der Waals surface area (Å²) in [5.41, 5.74) is 0. The van der Waals surface area contributed by atoms with Crippen LogP contribution in [-0.4, -0.2) is 38.7 Å². The fourth-order valence-electron chi connectivity index (χ4n) is 1.71. The van der Waals surface area contributed by atoms with E-state index in [1.54, 1.807) is 0 Å². The predicted molar refractivity (Wildman–Crippen MR) is 66.2 cm³/mol. The minimum atomic E-state index is 0.726. The number of halogens is 2. The average molecular weight is 393 g/mol. The highest BCUT2D eigenvalue weighted by Crippen LogP contribution is 2.29. The van der Waals surface area contributed by atoms with Gasteiger partial charge in [0.25, 0.3) is 0 Å². The van der Waals surface area contributed by atoms with Crippen LogP contribution in [0.25, 0.3) is 0 Å². The Morgan fingerprint density at radius 2 is 1.92 bits per heavy atom. The lowest BCUT2D eigenvalue weighted by Crippen LogP contribution is -2.55. The molecule has 2 aliphatic rings. The van der Waals surface area contributed by atoms with Crippen LogP contribution in [0.4, 0.5) is 0 Å². The third-order valence-corrected chi connectivity index (χ3v) is 4.93. The summed E-state index contributed by atoms with van der Waals surface area (Å²) in [6, 6.07) is 0.726. The number of rotatable bonds is 1. The molecule has 2 fully saturated rings. The van der Waals surface area contributed by atoms with Crippen LogP contribution in [0, 0.1) is 0 Å². The largest absolute Gasteiger partial charge is 0.378 e. The third-order valence-electron chi connectivity index (χ3n) is 2.58. The van der Waals surface area contributed by atoms with E-state index in [4.69, 9.17) is 4.74 Å². The molecule has 0 amide bonds. The number of nitrogens with zero attached hydrogens (tertiary/aromatic N) is 1. The molecule has 0 bridgehead atoms. The minimum absolute atomic E-state index is 0.726. The van der Waals surface area contributed by atoms with Gasteiger partial charge in [-0.05, 0) is 12.8 Å². The second kappa shape index (κ2) is 4.27. The second-order valence-corrected chi connectivity index (χ2v) is 6.70. The van der Waals surface area contributed by atoms with E-state index in [1.807, 2.05) is 0 Å². The van der Waals surface area contributed by atoms with Gasteiger partial charge in [-0.15, -0.1) is 0 Å². The Bertz CT molecular complexity index is 161. The molecule has 70 valence electrons. The van der Waals surface area contributed by atoms with Gasteiger partial charge in [0.2, 0.25) is 0 Å². The summed E-state index contributed by atoms with van der Waals surface area (Å²) >= 11 is 5.14. The highest BCUT2D eigenvalue weighted by molar-refractivity contribution is 14.1. The van der Waals surface area contributed by atoms with E-state index in [1.165, 1.54) is 19.4 Å². The van der Waals surface area contributed by atoms with Gasteiger partial charge in [0.15, 0.2) is 0 Å². The molecule has 4 heteroatoms. The third kappa shape index (κ3) is 2.06. The Balaban J connectivity index is 1.91. The SMILES string of the molecule is IC1CCC(I)N(C2COC2)C1. The molecule has 2 nitrogen and oxygen atoms in total. The van der Waals surface area contributed by atoms with Crippen LogP contribution in [0.3, 0.4) is 0 Å². The molecule has 2 unspecified atom stereocenters. The maximum absolute atomic E-state index is 5.22. The summed E-state index contributed by atoms with van der Waals surface area (Å²) in [6.45, 7) is 3.19. The van der Waals surface area contributed by atoms with Crippen LogP contribution in [0.1, 0.15) is 12.8 Å². The van der Waals surface area contributed by atoms with Crippen LogP contribution in [0.2, 0.25) is 0 Å². The monoisotopic (exact) mass is 393 g/mol. The Morgan fingerprint density at radius 3 is 2.50 bits per heavy atom. The van der Waals surface area contributed by atoms with E-state index < -0.39 is 0 Å². The lowest BCUT2D eigenvalue weighted by atomic mass is 10.1. The summed E-state index contributed by atoms with van der Waals surface area (Å²) in [5, 5.41) is 0. The number of hydrogen-bond acceptors (Lipinski definition) is 2. The van der Waals surface area contributed by atoms with Crippen molar-refractivity contribution in [3.8, 4) is 0 Å². The molecule has 0 spiro atoms. The van der Waals surface area contributed by atoms with E-state index in [2.05, 4.69) is 50.1 Å². The Morgan fingerprint density at radius 1 is 1.17 bits per heavy atom. The summed E-state index contributed by atoms with van der Waals surface area (Å²) in [4.78, 5) is 2.62. The molecule has 2 aliphatic heterocycles. The van der Waals surface area contributed by atoms with Gasteiger partial charge in [-0.3, -0.25) is 4.90 Å². The van der Waals surface area contributed by atoms with E-state index in [0.717, 1.165) is 27.2 Å². The maximum atomic E-state index is 5.22. The molecule has 0 aromatic carbocycles. The topological polar surface area (TPSA) is 12.5 Å². The van der Waals surface area contributed by atoms with Crippen molar-refractivity contribution in [3.05, 3.63) is 0 Å². The van der Waals surface area contributed by atoms with Gasteiger partial charge in [-0.2, -0.15) is 0 Å². The molecule has 2 heterocycles. The molecule has 0 aliphatic carbocycles. The van der Waals surface area contributed by atoms with Crippen LogP contribution >= 0.6 is 45.2 Å². The van der Waals surface area contributed by atoms with Gasteiger partial charge in [-0.25, -0.2) is 0 Å². The normalized spacial score (nSPS) is 39.5. The molecule has 0 saturated carbocycles. The minimum Gasteiger partial charge on any atom is -0.378 e. The molecule has 0 radical (unpaired) electrons. The van der Waals surface area contributed by atoms with Crippen molar-refractivity contribution in [2.45, 2.75) is 26.9 Å². The molecule has 0 N–H and O–H groups in total. The van der Waals surface area contributed by atoms with Crippen molar-refractivity contribution in [2.24, 2.45) is 0 Å². The zero-order chi connectivity index (χ0) is 8.55. The summed E-state index contributed by atoms with van der Waals surface area (Å²) < 4.78 is 6.83. The van der Waals surface area contributed by atoms with Crippen LogP contribution in [-0.2, 0) is 4.74 Å². The summed E-state index contributed by atoms with van der Waals surface area (Å²) in [5.74, 6) is 0. The van der Waals surface area contributed by atoms with Crippen LogP contribution in [0.15, 0.2) is 0 Å². The van der Waals surface area contributed by atoms with E-state index in [-0.39, 0.29) is 0 Å². The molecule has 12 heavy (non-hydrogen) atoms. The summed E-state index contributed by atoms with van der Waals surface area (Å²) in [6.07, 6.45) is 2.74. The van der Waals surface area contributed by atoms with E-state index in [0.29, 0.717) is 0 Å². The van der Waals surface area contributed by atoms with Crippen LogP contribution in [0.5, 0.6) is 0 Å². The molecule has 2 rings (SSSR count). The fraction of sp³-hybridized carbons (Fsp3) is 1.00. The van der Waals surface area contributed by atoms with Gasteiger partial charge in [0.05, 0.1) is 23.3 Å². The Hall–Kier alpha value is 1.38. The molecule has 2 atom stereocenters. The zero-order valence-corrected chi connectivity index (χ0v) is 11.2. The zero-order valence-electron chi connectivity index (χ0n) is 6.88. The number of hydrogen-bond donors (Lipinski definition) is 0. The predicted octanol–water partition coefficient (Wildman–Crippen LogP) is 2.05. The highest BCUT2D eigenvalue weighted by atomic mass is 127. The van der Waals surface area contributed by atoms with Crippen molar-refractivity contribution >= 4 is 45.2 Å². The molecule has 0 aromatic heterocycles. The van der Waals surface area contributed by atoms with Crippen molar-refractivity contribution in [3.63, 3.8) is 0 Å². The lowest BCUT2D eigenvalue weighted by Gasteiger charge is -2.44. The number of ether oxygens (including phenoxy) is 1. The lowest BCUT2D eigenvalue weighted by molar-refractivity contribution is -0.0712. The standard InChI is InChI=1S/C8H13I2NO/c9-6-1-2-8(10)11(3-6)7-4-12-5-7/h6-8H,1-5H2.